The SMILES string of the molecule is CCOC(=O)C1CC(c2ccc(N)cn2)CCC1O[Si](C)(C)C(C)(C)C. The zero-order valence-corrected chi connectivity index (χ0v) is 18.0. The molecule has 146 valence electrons. The number of nitrogens with two attached hydrogens (primary N) is 1. The molecule has 1 fully saturated rings. The van der Waals surface area contributed by atoms with Crippen LogP contribution in [0.2, 0.25) is 18.1 Å². The summed E-state index contributed by atoms with van der Waals surface area (Å²) in [7, 11) is -1.95. The zero-order valence-electron chi connectivity index (χ0n) is 17.0. The number of nitrogens with zero attached hydrogens (tertiary/aromatic N) is 1. The predicted molar refractivity (Wildman–Crippen MR) is 107 cm³/mol. The van der Waals surface area contributed by atoms with Crippen molar-refractivity contribution >= 4 is 20.0 Å². The maximum atomic E-state index is 12.6. The van der Waals surface area contributed by atoms with Crippen LogP contribution in [0.4, 0.5) is 5.69 Å². The summed E-state index contributed by atoms with van der Waals surface area (Å²) in [6, 6.07) is 3.84. The number of carbonyl (C=O) groups excluding carboxylic acids is 1. The molecule has 1 saturated carbocycles. The molecule has 0 amide bonds. The van der Waals surface area contributed by atoms with Crippen LogP contribution in [0, 0.1) is 5.92 Å². The molecule has 3 unspecified atom stereocenters. The van der Waals surface area contributed by atoms with Crippen LogP contribution in [-0.4, -0.2) is 32.0 Å². The van der Waals surface area contributed by atoms with E-state index < -0.39 is 8.32 Å². The summed E-state index contributed by atoms with van der Waals surface area (Å²) in [6.07, 6.45) is 4.15. The van der Waals surface area contributed by atoms with Crippen LogP contribution in [-0.2, 0) is 14.0 Å². The van der Waals surface area contributed by atoms with Crippen molar-refractivity contribution in [1.82, 2.24) is 4.98 Å². The third-order valence-corrected chi connectivity index (χ3v) is 10.4. The molecule has 5 nitrogen and oxygen atoms in total. The van der Waals surface area contributed by atoms with Gasteiger partial charge in [-0.05, 0) is 56.5 Å². The minimum atomic E-state index is -1.95. The van der Waals surface area contributed by atoms with Crippen LogP contribution >= 0.6 is 0 Å². The summed E-state index contributed by atoms with van der Waals surface area (Å²) in [6.45, 7) is 13.4. The highest BCUT2D eigenvalue weighted by atomic mass is 28.4. The van der Waals surface area contributed by atoms with Gasteiger partial charge in [-0.15, -0.1) is 0 Å². The molecule has 1 aromatic heterocycles. The van der Waals surface area contributed by atoms with Crippen LogP contribution in [0.25, 0.3) is 0 Å². The average molecular weight is 379 g/mol. The maximum Gasteiger partial charge on any atom is 0.311 e. The number of ether oxygens (including phenoxy) is 1. The molecule has 6 heteroatoms. The lowest BCUT2D eigenvalue weighted by Crippen LogP contribution is -2.48. The number of nitrogen functional groups attached to an aromatic ring is 1. The summed E-state index contributed by atoms with van der Waals surface area (Å²) >= 11 is 0. The molecule has 0 radical (unpaired) electrons. The molecular formula is C20H34N2O3Si. The van der Waals surface area contributed by atoms with Crippen molar-refractivity contribution in [1.29, 1.82) is 0 Å². The number of hydrogen-bond acceptors (Lipinski definition) is 5. The standard InChI is InChI=1S/C20H34N2O3Si/c1-7-24-19(23)16-12-14(17-10-9-15(21)13-22-17)8-11-18(16)25-26(5,6)20(2,3)4/h9-10,13-14,16,18H,7-8,11-12,21H2,1-6H3. The number of carbonyl (C=O) groups is 1. The Morgan fingerprint density at radius 2 is 2.00 bits per heavy atom. The van der Waals surface area contributed by atoms with Crippen LogP contribution in [0.1, 0.15) is 58.6 Å². The lowest BCUT2D eigenvalue weighted by molar-refractivity contribution is -0.153. The summed E-state index contributed by atoms with van der Waals surface area (Å²) in [5.41, 5.74) is 7.41. The molecule has 1 aromatic rings. The van der Waals surface area contributed by atoms with E-state index >= 15 is 0 Å². The van der Waals surface area contributed by atoms with E-state index in [1.165, 1.54) is 0 Å². The van der Waals surface area contributed by atoms with Crippen molar-refractivity contribution in [2.24, 2.45) is 5.92 Å². The Labute approximate surface area is 158 Å². The Balaban J connectivity index is 2.19. The van der Waals surface area contributed by atoms with E-state index in [9.17, 15) is 4.79 Å². The van der Waals surface area contributed by atoms with Crippen molar-refractivity contribution in [3.8, 4) is 0 Å². The summed E-state index contributed by atoms with van der Waals surface area (Å²) in [5.74, 6) is -0.136. The van der Waals surface area contributed by atoms with Gasteiger partial charge < -0.3 is 14.9 Å². The molecule has 0 aromatic carbocycles. The van der Waals surface area contributed by atoms with E-state index in [1.54, 1.807) is 6.20 Å². The molecule has 2 N–H and O–H groups in total. The van der Waals surface area contributed by atoms with Crippen molar-refractivity contribution in [2.75, 3.05) is 12.3 Å². The summed E-state index contributed by atoms with van der Waals surface area (Å²) < 4.78 is 12.0. The van der Waals surface area contributed by atoms with Gasteiger partial charge in [0.15, 0.2) is 8.32 Å². The van der Waals surface area contributed by atoms with Crippen molar-refractivity contribution < 1.29 is 14.0 Å². The fourth-order valence-electron chi connectivity index (χ4n) is 3.26. The van der Waals surface area contributed by atoms with Gasteiger partial charge in [-0.3, -0.25) is 9.78 Å². The predicted octanol–water partition coefficient (Wildman–Crippen LogP) is 4.50. The van der Waals surface area contributed by atoms with E-state index in [0.717, 1.165) is 25.0 Å². The van der Waals surface area contributed by atoms with Gasteiger partial charge in [0, 0.05) is 11.6 Å². The highest BCUT2D eigenvalue weighted by molar-refractivity contribution is 6.74. The molecule has 1 aliphatic rings. The third kappa shape index (κ3) is 4.85. The number of rotatable bonds is 5. The largest absolute Gasteiger partial charge is 0.466 e. The monoisotopic (exact) mass is 378 g/mol. The fourth-order valence-corrected chi connectivity index (χ4v) is 4.66. The van der Waals surface area contributed by atoms with Gasteiger partial charge in [-0.2, -0.15) is 0 Å². The van der Waals surface area contributed by atoms with E-state index in [4.69, 9.17) is 14.9 Å². The second kappa shape index (κ2) is 8.09. The Morgan fingerprint density at radius 1 is 1.31 bits per heavy atom. The Bertz CT molecular complexity index is 610. The van der Waals surface area contributed by atoms with E-state index in [2.05, 4.69) is 38.8 Å². The first-order chi connectivity index (χ1) is 12.0. The minimum Gasteiger partial charge on any atom is -0.466 e. The second-order valence-electron chi connectivity index (χ2n) is 8.80. The highest BCUT2D eigenvalue weighted by Gasteiger charge is 2.44. The number of esters is 1. The smallest absolute Gasteiger partial charge is 0.311 e. The van der Waals surface area contributed by atoms with Gasteiger partial charge in [-0.1, -0.05) is 20.8 Å². The molecule has 1 heterocycles. The van der Waals surface area contributed by atoms with Crippen molar-refractivity contribution in [3.63, 3.8) is 0 Å². The topological polar surface area (TPSA) is 74.4 Å². The van der Waals surface area contributed by atoms with Crippen LogP contribution < -0.4 is 5.73 Å². The highest BCUT2D eigenvalue weighted by Crippen LogP contribution is 2.43. The molecule has 0 spiro atoms. The van der Waals surface area contributed by atoms with Gasteiger partial charge in [0.25, 0.3) is 0 Å². The molecular weight excluding hydrogens is 344 g/mol. The number of aromatic nitrogens is 1. The lowest BCUT2D eigenvalue weighted by Gasteiger charge is -2.43. The van der Waals surface area contributed by atoms with Gasteiger partial charge >= 0.3 is 5.97 Å². The molecule has 1 aliphatic carbocycles. The number of anilines is 1. The molecule has 0 aliphatic heterocycles. The molecule has 26 heavy (non-hydrogen) atoms. The lowest BCUT2D eigenvalue weighted by atomic mass is 9.78. The summed E-state index contributed by atoms with van der Waals surface area (Å²) in [5, 5.41) is 0.113. The van der Waals surface area contributed by atoms with Gasteiger partial charge in [0.05, 0.1) is 30.5 Å². The van der Waals surface area contributed by atoms with Crippen molar-refractivity contribution in [2.45, 2.75) is 77.1 Å². The first-order valence-corrected chi connectivity index (χ1v) is 12.5. The Morgan fingerprint density at radius 3 is 2.54 bits per heavy atom. The Hall–Kier alpha value is -1.40. The quantitative estimate of drug-likeness (QED) is 0.603. The maximum absolute atomic E-state index is 12.6. The third-order valence-electron chi connectivity index (χ3n) is 5.86. The zero-order chi connectivity index (χ0) is 19.5. The average Bonchev–Trinajstić information content (AvgIpc) is 2.55. The summed E-state index contributed by atoms with van der Waals surface area (Å²) in [4.78, 5) is 17.1. The fraction of sp³-hybridized carbons (Fsp3) is 0.700. The molecule has 0 saturated heterocycles. The van der Waals surface area contributed by atoms with Gasteiger partial charge in [-0.25, -0.2) is 0 Å². The second-order valence-corrected chi connectivity index (χ2v) is 13.6. The number of pyridine rings is 1. The van der Waals surface area contributed by atoms with Crippen LogP contribution in [0.5, 0.6) is 0 Å². The minimum absolute atomic E-state index is 0.0695. The Kier molecular flexibility index (Phi) is 6.50. The van der Waals surface area contributed by atoms with E-state index in [0.29, 0.717) is 12.3 Å². The molecule has 3 atom stereocenters. The van der Waals surface area contributed by atoms with Crippen LogP contribution in [0.3, 0.4) is 0 Å². The normalized spacial score (nSPS) is 24.3. The molecule has 0 bridgehead atoms. The number of hydrogen-bond donors (Lipinski definition) is 1. The van der Waals surface area contributed by atoms with Crippen LogP contribution in [0.15, 0.2) is 18.3 Å². The first-order valence-electron chi connectivity index (χ1n) is 9.61. The van der Waals surface area contributed by atoms with E-state index in [1.807, 2.05) is 19.1 Å². The first kappa shape index (κ1) is 20.9. The van der Waals surface area contributed by atoms with Gasteiger partial charge in [0.2, 0.25) is 0 Å². The van der Waals surface area contributed by atoms with E-state index in [-0.39, 0.29) is 28.9 Å². The van der Waals surface area contributed by atoms with Crippen molar-refractivity contribution in [3.05, 3.63) is 24.0 Å². The van der Waals surface area contributed by atoms with Gasteiger partial charge in [0.1, 0.15) is 0 Å². The molecule has 2 rings (SSSR count).